The van der Waals surface area contributed by atoms with E-state index in [0.29, 0.717) is 5.72 Å². The van der Waals surface area contributed by atoms with Crippen molar-refractivity contribution in [2.24, 2.45) is 14.1 Å². The van der Waals surface area contributed by atoms with Crippen LogP contribution in [0.5, 0.6) is 0 Å². The van der Waals surface area contributed by atoms with Gasteiger partial charge in [-0.05, 0) is 0 Å². The molecule has 0 N–H and O–H groups in total. The summed E-state index contributed by atoms with van der Waals surface area (Å²) in [7, 11) is 3.70. The van der Waals surface area contributed by atoms with Crippen LogP contribution in [-0.4, -0.2) is 10.7 Å². The van der Waals surface area contributed by atoms with Gasteiger partial charge in [-0.15, -0.1) is 11.9 Å². The lowest BCUT2D eigenvalue weighted by atomic mass is 9.23. The van der Waals surface area contributed by atoms with Crippen molar-refractivity contribution in [2.45, 2.75) is 0 Å². The Labute approximate surface area is 106 Å². The van der Waals surface area contributed by atoms with E-state index < -0.39 is 6.15 Å². The van der Waals surface area contributed by atoms with Crippen LogP contribution in [0.3, 0.4) is 0 Å². The average molecular weight is 236 g/mol. The van der Waals surface area contributed by atoms with Crippen LogP contribution in [0, 0.1) is 22.5 Å². The van der Waals surface area contributed by atoms with E-state index in [1.807, 2.05) is 66.0 Å². The fourth-order valence-corrected chi connectivity index (χ4v) is 2.40. The van der Waals surface area contributed by atoms with Crippen LogP contribution in [0.2, 0.25) is 0 Å². The maximum absolute atomic E-state index is 9.58. The van der Waals surface area contributed by atoms with Gasteiger partial charge >= 0.3 is 6.15 Å². The molecule has 0 spiro atoms. The van der Waals surface area contributed by atoms with Crippen LogP contribution in [0.1, 0.15) is 0 Å². The molecule has 4 nitrogen and oxygen atoms in total. The van der Waals surface area contributed by atoms with E-state index in [1.54, 1.807) is 0 Å². The monoisotopic (exact) mass is 236 g/mol. The first kappa shape index (κ1) is 11.9. The maximum atomic E-state index is 9.58. The highest BCUT2D eigenvalue weighted by Crippen LogP contribution is 2.01. The van der Waals surface area contributed by atoms with Crippen molar-refractivity contribution >= 4 is 17.3 Å². The number of rotatable bonds is 2. The molecule has 0 aliphatic heterocycles. The minimum Gasteiger partial charge on any atom is -0.270 e. The molecule has 18 heavy (non-hydrogen) atoms. The van der Waals surface area contributed by atoms with Crippen LogP contribution < -0.4 is 15.8 Å². The topological polar surface area (TPSA) is 56.4 Å². The third-order valence-corrected chi connectivity index (χ3v) is 3.31. The summed E-state index contributed by atoms with van der Waals surface area (Å²) < 4.78 is 3.67. The van der Waals surface area contributed by atoms with Crippen LogP contribution in [0.4, 0.5) is 0 Å². The Morgan fingerprint density at radius 2 is 1.78 bits per heavy atom. The van der Waals surface area contributed by atoms with Gasteiger partial charge in [0.05, 0.1) is 14.1 Å². The normalized spacial score (nSPS) is 10.7. The molecule has 0 atom stereocenters. The molecule has 1 heterocycles. The Bertz CT molecular complexity index is 612. The summed E-state index contributed by atoms with van der Waals surface area (Å²) in [5, 5.41) is 19.2. The van der Waals surface area contributed by atoms with E-state index in [9.17, 15) is 10.5 Å². The van der Waals surface area contributed by atoms with Crippen molar-refractivity contribution < 1.29 is 4.57 Å². The zero-order valence-electron chi connectivity index (χ0n) is 10.4. The summed E-state index contributed by atoms with van der Waals surface area (Å²) in [6.07, 6.45) is 1.65. The Morgan fingerprint density at radius 1 is 1.17 bits per heavy atom. The lowest BCUT2D eigenvalue weighted by molar-refractivity contribution is -0.653. The molecule has 0 saturated carbocycles. The zero-order valence-corrected chi connectivity index (χ0v) is 10.4. The highest BCUT2D eigenvalue weighted by molar-refractivity contribution is 7.11. The maximum Gasteiger partial charge on any atom is 0.341 e. The third kappa shape index (κ3) is 1.58. The number of nitriles is 2. The fourth-order valence-electron chi connectivity index (χ4n) is 2.40. The molecule has 0 bridgehead atoms. The van der Waals surface area contributed by atoms with Crippen molar-refractivity contribution in [1.82, 2.24) is 4.57 Å². The van der Waals surface area contributed by atoms with Crippen LogP contribution in [0.15, 0.2) is 42.7 Å². The quantitative estimate of drug-likeness (QED) is 0.523. The molecular formula is C13H13BN4. The number of aryl methyl sites for hydroxylation is 2. The van der Waals surface area contributed by atoms with Gasteiger partial charge in [0.1, 0.15) is 18.1 Å². The van der Waals surface area contributed by atoms with E-state index in [-0.39, 0.29) is 0 Å². The van der Waals surface area contributed by atoms with E-state index in [1.165, 1.54) is 0 Å². The van der Waals surface area contributed by atoms with Gasteiger partial charge in [0.2, 0.25) is 0 Å². The second-order valence-corrected chi connectivity index (χ2v) is 4.41. The number of aromatic nitrogens is 2. The van der Waals surface area contributed by atoms with Gasteiger partial charge in [-0.25, -0.2) is 10.5 Å². The summed E-state index contributed by atoms with van der Waals surface area (Å²) in [5.41, 5.74) is 1.46. The van der Waals surface area contributed by atoms with Crippen molar-refractivity contribution in [3.8, 4) is 11.9 Å². The third-order valence-electron chi connectivity index (χ3n) is 3.31. The molecule has 0 amide bonds. The van der Waals surface area contributed by atoms with E-state index in [4.69, 9.17) is 0 Å². The van der Waals surface area contributed by atoms with Crippen molar-refractivity contribution in [2.75, 3.05) is 0 Å². The summed E-state index contributed by atoms with van der Waals surface area (Å²) in [6.45, 7) is 0. The predicted molar refractivity (Wildman–Crippen MR) is 69.3 cm³/mol. The molecule has 5 heteroatoms. The van der Waals surface area contributed by atoms with Crippen molar-refractivity contribution in [3.05, 3.63) is 42.7 Å². The molecular weight excluding hydrogens is 223 g/mol. The van der Waals surface area contributed by atoms with Gasteiger partial charge in [0.25, 0.3) is 0 Å². The number of imidazole rings is 1. The second-order valence-electron chi connectivity index (χ2n) is 4.41. The van der Waals surface area contributed by atoms with E-state index in [0.717, 1.165) is 5.46 Å². The molecule has 2 aromatic rings. The summed E-state index contributed by atoms with van der Waals surface area (Å²) in [4.78, 5) is 0. The summed E-state index contributed by atoms with van der Waals surface area (Å²) >= 11 is 0. The highest BCUT2D eigenvalue weighted by atomic mass is 15.1. The first-order valence-electron chi connectivity index (χ1n) is 5.70. The van der Waals surface area contributed by atoms with Gasteiger partial charge < -0.3 is 0 Å². The fraction of sp³-hybridized carbons (Fsp3) is 0.154. The lowest BCUT2D eigenvalue weighted by Gasteiger charge is -2.23. The molecule has 0 unspecified atom stereocenters. The van der Waals surface area contributed by atoms with Gasteiger partial charge in [0.15, 0.2) is 0 Å². The number of benzene rings is 1. The average Bonchev–Trinajstić information content (AvgIpc) is 2.75. The van der Waals surface area contributed by atoms with Gasteiger partial charge in [-0.1, -0.05) is 30.3 Å². The lowest BCUT2D eigenvalue weighted by Crippen LogP contribution is -2.69. The van der Waals surface area contributed by atoms with E-state index in [2.05, 4.69) is 11.9 Å². The standard InChI is InChI=1S/C13H13BN4/c1-17-8-9-18(2)13(17)14(10-15,11-16)12-6-4-3-5-7-12/h3-9H,1-2H3. The number of hydrogen-bond acceptors (Lipinski definition) is 2. The van der Waals surface area contributed by atoms with E-state index >= 15 is 0 Å². The first-order valence-corrected chi connectivity index (χ1v) is 5.70. The SMILES string of the molecule is Cn1cc[n+](C)c1[B-](C#N)(C#N)c1ccccc1. The molecule has 1 aromatic heterocycles. The van der Waals surface area contributed by atoms with Crippen LogP contribution in [0.25, 0.3) is 0 Å². The molecule has 0 saturated heterocycles. The Balaban J connectivity index is 2.76. The van der Waals surface area contributed by atoms with Gasteiger partial charge in [-0.3, -0.25) is 9.13 Å². The smallest absolute Gasteiger partial charge is 0.270 e. The van der Waals surface area contributed by atoms with Crippen LogP contribution in [-0.2, 0) is 14.1 Å². The summed E-state index contributed by atoms with van der Waals surface area (Å²) in [5.74, 6) is 4.45. The zero-order chi connectivity index (χ0) is 13.2. The Hall–Kier alpha value is -2.53. The minimum atomic E-state index is -2.05. The molecule has 0 aliphatic rings. The van der Waals surface area contributed by atoms with Crippen LogP contribution >= 0.6 is 0 Å². The number of hydrogen-bond donors (Lipinski definition) is 0. The Kier molecular flexibility index (Phi) is 2.91. The molecule has 0 fully saturated rings. The molecule has 88 valence electrons. The minimum absolute atomic E-state index is 0.714. The van der Waals surface area contributed by atoms with Gasteiger partial charge in [0, 0.05) is 0 Å². The molecule has 0 radical (unpaired) electrons. The number of nitrogens with zero attached hydrogens (tertiary/aromatic N) is 4. The summed E-state index contributed by atoms with van der Waals surface area (Å²) in [6, 6.07) is 9.25. The van der Waals surface area contributed by atoms with Gasteiger partial charge in [-0.2, -0.15) is 5.46 Å². The molecule has 0 aliphatic carbocycles. The molecule has 2 rings (SSSR count). The largest absolute Gasteiger partial charge is 0.341 e. The molecule has 1 aromatic carbocycles. The second kappa shape index (κ2) is 4.39. The van der Waals surface area contributed by atoms with Crippen molar-refractivity contribution in [1.29, 1.82) is 10.5 Å². The highest BCUT2D eigenvalue weighted by Gasteiger charge is 2.38. The predicted octanol–water partition coefficient (Wildman–Crippen LogP) is -0.462. The first-order chi connectivity index (χ1) is 8.65. The van der Waals surface area contributed by atoms with Crippen molar-refractivity contribution in [3.63, 3.8) is 0 Å². The Morgan fingerprint density at radius 3 is 2.22 bits per heavy atom.